The Bertz CT molecular complexity index is 931. The predicted molar refractivity (Wildman–Crippen MR) is 102 cm³/mol. The highest BCUT2D eigenvalue weighted by Crippen LogP contribution is 2.34. The van der Waals surface area contributed by atoms with Crippen LogP contribution in [0.4, 0.5) is 0 Å². The monoisotopic (exact) mass is 371 g/mol. The van der Waals surface area contributed by atoms with E-state index in [1.54, 1.807) is 6.07 Å². The molecule has 1 N–H and O–H groups in total. The number of hydrogen-bond donors (Lipinski definition) is 1. The van der Waals surface area contributed by atoms with E-state index in [1.807, 2.05) is 19.3 Å². The van der Waals surface area contributed by atoms with Gasteiger partial charge >= 0.3 is 0 Å². The fourth-order valence-corrected chi connectivity index (χ4v) is 4.14. The molecule has 1 fully saturated rings. The highest BCUT2D eigenvalue weighted by atomic mass is 35.5. The summed E-state index contributed by atoms with van der Waals surface area (Å²) in [5.74, 6) is 0.712. The normalized spacial score (nSPS) is 18.5. The van der Waals surface area contributed by atoms with Crippen LogP contribution in [-0.4, -0.2) is 49.9 Å². The van der Waals surface area contributed by atoms with E-state index in [0.29, 0.717) is 22.2 Å². The number of hydrogen-bond acceptors (Lipinski definition) is 5. The van der Waals surface area contributed by atoms with Gasteiger partial charge in [0.2, 0.25) is 0 Å². The molecule has 1 saturated heterocycles. The Morgan fingerprint density at radius 3 is 2.88 bits per heavy atom. The number of rotatable bonds is 3. The van der Waals surface area contributed by atoms with E-state index < -0.39 is 0 Å². The van der Waals surface area contributed by atoms with E-state index in [0.717, 1.165) is 29.8 Å². The van der Waals surface area contributed by atoms with E-state index in [-0.39, 0.29) is 5.75 Å². The Morgan fingerprint density at radius 1 is 1.27 bits per heavy atom. The van der Waals surface area contributed by atoms with Gasteiger partial charge in [0, 0.05) is 23.7 Å². The Hall–Kier alpha value is -2.18. The quantitative estimate of drug-likeness (QED) is 0.763. The fourth-order valence-electron chi connectivity index (χ4n) is 3.88. The van der Waals surface area contributed by atoms with Crippen LogP contribution in [0.2, 0.25) is 5.02 Å². The third-order valence-electron chi connectivity index (χ3n) is 5.08. The molecular weight excluding hydrogens is 350 g/mol. The van der Waals surface area contributed by atoms with Gasteiger partial charge in [0.25, 0.3) is 0 Å². The van der Waals surface area contributed by atoms with E-state index >= 15 is 0 Å². The van der Waals surface area contributed by atoms with Gasteiger partial charge in [-0.05, 0) is 63.0 Å². The Balaban J connectivity index is 1.66. The molecule has 7 heteroatoms. The molecule has 3 heterocycles. The number of benzene rings is 1. The van der Waals surface area contributed by atoms with Crippen LogP contribution in [0.1, 0.15) is 18.4 Å². The molecule has 0 unspecified atom stereocenters. The lowest BCUT2D eigenvalue weighted by atomic mass is 9.98. The molecule has 136 valence electrons. The van der Waals surface area contributed by atoms with Gasteiger partial charge in [-0.15, -0.1) is 10.2 Å². The van der Waals surface area contributed by atoms with Gasteiger partial charge < -0.3 is 14.6 Å². The lowest BCUT2D eigenvalue weighted by Gasteiger charge is -2.29. The minimum atomic E-state index is 0.105. The number of piperidine rings is 1. The second kappa shape index (κ2) is 6.85. The molecule has 0 bridgehead atoms. The first-order chi connectivity index (χ1) is 12.5. The first-order valence-electron chi connectivity index (χ1n) is 8.88. The van der Waals surface area contributed by atoms with Crippen LogP contribution in [0.3, 0.4) is 0 Å². The van der Waals surface area contributed by atoms with Gasteiger partial charge in [-0.1, -0.05) is 11.6 Å². The highest BCUT2D eigenvalue weighted by molar-refractivity contribution is 6.31. The number of phenolic OH excluding ortho intramolecular Hbond substituents is 1. The van der Waals surface area contributed by atoms with Crippen molar-refractivity contribution in [2.24, 2.45) is 5.92 Å². The average molecular weight is 372 g/mol. The summed E-state index contributed by atoms with van der Waals surface area (Å²) in [6, 6.07) is 5.20. The maximum Gasteiger partial charge on any atom is 0.182 e. The summed E-state index contributed by atoms with van der Waals surface area (Å²) in [5, 5.41) is 19.5. The van der Waals surface area contributed by atoms with Gasteiger partial charge in [-0.2, -0.15) is 0 Å². The van der Waals surface area contributed by atoms with E-state index in [4.69, 9.17) is 11.6 Å². The standard InChI is InChI=1S/C19H22ClN5O/c1-12-6-14(20)7-17(26)18(12)15-8-16-19(23-22-15)25(11-21-16)10-13-4-3-5-24(2)9-13/h6-8,11,13,26H,3-5,9-10H2,1-2H3/t13-/m0/s1. The molecule has 2 aromatic heterocycles. The zero-order valence-electron chi connectivity index (χ0n) is 15.0. The molecule has 0 spiro atoms. The summed E-state index contributed by atoms with van der Waals surface area (Å²) in [5.41, 5.74) is 3.67. The molecule has 0 saturated carbocycles. The molecule has 0 amide bonds. The summed E-state index contributed by atoms with van der Waals surface area (Å²) < 4.78 is 2.09. The SMILES string of the molecule is Cc1cc(Cl)cc(O)c1-c1cc2ncn(C[C@H]3CCCN(C)C3)c2nn1. The van der Waals surface area contributed by atoms with Crippen molar-refractivity contribution in [1.82, 2.24) is 24.6 Å². The highest BCUT2D eigenvalue weighted by Gasteiger charge is 2.19. The van der Waals surface area contributed by atoms with Crippen molar-refractivity contribution in [1.29, 1.82) is 0 Å². The van der Waals surface area contributed by atoms with Crippen molar-refractivity contribution < 1.29 is 5.11 Å². The van der Waals surface area contributed by atoms with Gasteiger partial charge in [-0.25, -0.2) is 4.98 Å². The topological polar surface area (TPSA) is 67.1 Å². The van der Waals surface area contributed by atoms with Gasteiger partial charge in [-0.3, -0.25) is 0 Å². The maximum atomic E-state index is 10.3. The maximum absolute atomic E-state index is 10.3. The van der Waals surface area contributed by atoms with Crippen LogP contribution >= 0.6 is 11.6 Å². The fraction of sp³-hybridized carbons (Fsp3) is 0.421. The number of aromatic nitrogens is 4. The number of likely N-dealkylation sites (tertiary alicyclic amines) is 1. The summed E-state index contributed by atoms with van der Waals surface area (Å²) in [7, 11) is 2.17. The van der Waals surface area contributed by atoms with Crippen molar-refractivity contribution in [2.75, 3.05) is 20.1 Å². The second-order valence-corrected chi connectivity index (χ2v) is 7.66. The minimum Gasteiger partial charge on any atom is -0.507 e. The minimum absolute atomic E-state index is 0.105. The lowest BCUT2D eigenvalue weighted by Crippen LogP contribution is -2.34. The third kappa shape index (κ3) is 3.27. The molecule has 6 nitrogen and oxygen atoms in total. The third-order valence-corrected chi connectivity index (χ3v) is 5.29. The first kappa shape index (κ1) is 17.2. The number of nitrogens with zero attached hydrogens (tertiary/aromatic N) is 5. The summed E-state index contributed by atoms with van der Waals surface area (Å²) in [6.07, 6.45) is 4.30. The second-order valence-electron chi connectivity index (χ2n) is 7.22. The van der Waals surface area contributed by atoms with Crippen LogP contribution in [-0.2, 0) is 6.54 Å². The van der Waals surface area contributed by atoms with Crippen molar-refractivity contribution in [3.8, 4) is 17.0 Å². The van der Waals surface area contributed by atoms with E-state index in [9.17, 15) is 5.11 Å². The van der Waals surface area contributed by atoms with Gasteiger partial charge in [0.15, 0.2) is 5.65 Å². The molecule has 1 aliphatic rings. The number of aryl methyl sites for hydroxylation is 1. The number of imidazole rings is 1. The smallest absolute Gasteiger partial charge is 0.182 e. The largest absolute Gasteiger partial charge is 0.507 e. The molecule has 1 aliphatic heterocycles. The first-order valence-corrected chi connectivity index (χ1v) is 9.25. The Kier molecular flexibility index (Phi) is 4.54. The number of phenols is 1. The van der Waals surface area contributed by atoms with Crippen LogP contribution in [0.5, 0.6) is 5.75 Å². The Labute approximate surface area is 157 Å². The molecule has 1 atom stereocenters. The summed E-state index contributed by atoms with van der Waals surface area (Å²) in [6.45, 7) is 5.07. The molecule has 4 rings (SSSR count). The summed E-state index contributed by atoms with van der Waals surface area (Å²) in [4.78, 5) is 6.88. The van der Waals surface area contributed by atoms with Crippen LogP contribution in [0.15, 0.2) is 24.5 Å². The van der Waals surface area contributed by atoms with Gasteiger partial charge in [0.1, 0.15) is 11.3 Å². The molecule has 0 aliphatic carbocycles. The predicted octanol–water partition coefficient (Wildman–Crippen LogP) is 3.50. The zero-order chi connectivity index (χ0) is 18.3. The molecule has 3 aromatic rings. The van der Waals surface area contributed by atoms with Crippen molar-refractivity contribution in [3.05, 3.63) is 35.1 Å². The van der Waals surface area contributed by atoms with Crippen LogP contribution in [0.25, 0.3) is 22.4 Å². The lowest BCUT2D eigenvalue weighted by molar-refractivity contribution is 0.195. The van der Waals surface area contributed by atoms with Crippen LogP contribution in [0, 0.1) is 12.8 Å². The average Bonchev–Trinajstić information content (AvgIpc) is 2.96. The van der Waals surface area contributed by atoms with E-state index in [1.165, 1.54) is 25.5 Å². The number of fused-ring (bicyclic) bond motifs is 1. The Morgan fingerprint density at radius 2 is 2.12 bits per heavy atom. The van der Waals surface area contributed by atoms with E-state index in [2.05, 4.69) is 31.7 Å². The molecule has 26 heavy (non-hydrogen) atoms. The van der Waals surface area contributed by atoms with Crippen molar-refractivity contribution >= 4 is 22.8 Å². The van der Waals surface area contributed by atoms with Crippen molar-refractivity contribution in [2.45, 2.75) is 26.3 Å². The van der Waals surface area contributed by atoms with Gasteiger partial charge in [0.05, 0.1) is 12.0 Å². The van der Waals surface area contributed by atoms with Crippen LogP contribution < -0.4 is 0 Å². The molecule has 1 aromatic carbocycles. The van der Waals surface area contributed by atoms with Crippen molar-refractivity contribution in [3.63, 3.8) is 0 Å². The number of halogens is 1. The number of aromatic hydroxyl groups is 1. The zero-order valence-corrected chi connectivity index (χ0v) is 15.7. The summed E-state index contributed by atoms with van der Waals surface area (Å²) >= 11 is 6.00. The molecular formula is C19H22ClN5O. The molecule has 0 radical (unpaired) electrons.